The first-order valence-corrected chi connectivity index (χ1v) is 12.7. The maximum absolute atomic E-state index is 12.5. The van der Waals surface area contributed by atoms with Crippen molar-refractivity contribution in [3.63, 3.8) is 0 Å². The Balaban J connectivity index is 1.12. The zero-order valence-corrected chi connectivity index (χ0v) is 20.9. The number of aryl methyl sites for hydroxylation is 1. The number of nitrogens with zero attached hydrogens (tertiary/aromatic N) is 4. The van der Waals surface area contributed by atoms with Crippen LogP contribution >= 0.6 is 0 Å². The van der Waals surface area contributed by atoms with E-state index in [1.807, 2.05) is 37.3 Å². The molecule has 2 aromatic rings. The molecule has 1 N–H and O–H groups in total. The Morgan fingerprint density at radius 1 is 0.971 bits per heavy atom. The van der Waals surface area contributed by atoms with Gasteiger partial charge in [0.2, 0.25) is 11.8 Å². The summed E-state index contributed by atoms with van der Waals surface area (Å²) in [6.45, 7) is 9.83. The molecule has 1 atom stereocenters. The van der Waals surface area contributed by atoms with Crippen LogP contribution in [0.15, 0.2) is 59.7 Å². The van der Waals surface area contributed by atoms with E-state index in [-0.39, 0.29) is 30.7 Å². The van der Waals surface area contributed by atoms with E-state index < -0.39 is 0 Å². The highest BCUT2D eigenvalue weighted by Crippen LogP contribution is 2.18. The van der Waals surface area contributed by atoms with E-state index in [1.165, 1.54) is 16.3 Å². The van der Waals surface area contributed by atoms with Crippen molar-refractivity contribution in [2.45, 2.75) is 45.6 Å². The van der Waals surface area contributed by atoms with E-state index in [1.54, 1.807) is 0 Å². The molecule has 186 valence electrons. The van der Waals surface area contributed by atoms with Gasteiger partial charge in [-0.1, -0.05) is 42.5 Å². The lowest BCUT2D eigenvalue weighted by Crippen LogP contribution is -2.47. The molecule has 2 amide bonds. The van der Waals surface area contributed by atoms with Crippen molar-refractivity contribution in [1.29, 1.82) is 0 Å². The summed E-state index contributed by atoms with van der Waals surface area (Å²) in [4.78, 5) is 29.8. The van der Waals surface area contributed by atoms with E-state index >= 15 is 0 Å². The third kappa shape index (κ3) is 7.15. The van der Waals surface area contributed by atoms with Crippen molar-refractivity contribution in [3.05, 3.63) is 65.7 Å². The third-order valence-electron chi connectivity index (χ3n) is 6.79. The largest absolute Gasteiger partial charge is 0.369 e. The van der Waals surface area contributed by atoms with Crippen molar-refractivity contribution >= 4 is 23.2 Å². The van der Waals surface area contributed by atoms with Crippen LogP contribution in [-0.2, 0) is 9.59 Å². The second-order valence-electron chi connectivity index (χ2n) is 9.60. The molecule has 2 aromatic carbocycles. The quantitative estimate of drug-likeness (QED) is 0.603. The average Bonchev–Trinajstić information content (AvgIpc) is 3.37. The first kappa shape index (κ1) is 24.9. The third-order valence-corrected chi connectivity index (χ3v) is 6.79. The number of piperazine rings is 1. The lowest BCUT2D eigenvalue weighted by molar-refractivity contribution is -0.133. The average molecular weight is 476 g/mol. The summed E-state index contributed by atoms with van der Waals surface area (Å²) in [7, 11) is 0. The van der Waals surface area contributed by atoms with E-state index in [2.05, 4.69) is 51.4 Å². The van der Waals surface area contributed by atoms with Crippen LogP contribution in [0, 0.1) is 6.92 Å². The second-order valence-corrected chi connectivity index (χ2v) is 9.60. The minimum Gasteiger partial charge on any atom is -0.369 e. The molecule has 0 aromatic heterocycles. The van der Waals surface area contributed by atoms with Gasteiger partial charge in [-0.2, -0.15) is 5.10 Å². The number of benzene rings is 2. The lowest BCUT2D eigenvalue weighted by atomic mass is 10.1. The second kappa shape index (κ2) is 12.0. The van der Waals surface area contributed by atoms with Crippen LogP contribution in [0.5, 0.6) is 0 Å². The first-order chi connectivity index (χ1) is 17.0. The monoisotopic (exact) mass is 475 g/mol. The van der Waals surface area contributed by atoms with Crippen LogP contribution in [-0.4, -0.2) is 72.7 Å². The topological polar surface area (TPSA) is 68.2 Å². The molecule has 1 unspecified atom stereocenters. The molecule has 0 radical (unpaired) electrons. The van der Waals surface area contributed by atoms with Crippen molar-refractivity contribution in [1.82, 2.24) is 15.2 Å². The Morgan fingerprint density at radius 2 is 1.74 bits per heavy atom. The Morgan fingerprint density at radius 3 is 2.49 bits per heavy atom. The fourth-order valence-corrected chi connectivity index (χ4v) is 4.67. The fourth-order valence-electron chi connectivity index (χ4n) is 4.67. The van der Waals surface area contributed by atoms with Gasteiger partial charge in [-0.25, -0.2) is 5.01 Å². The van der Waals surface area contributed by atoms with Crippen LogP contribution in [0.3, 0.4) is 0 Å². The van der Waals surface area contributed by atoms with Gasteiger partial charge >= 0.3 is 0 Å². The Labute approximate surface area is 208 Å². The first-order valence-electron chi connectivity index (χ1n) is 12.7. The highest BCUT2D eigenvalue weighted by atomic mass is 16.2. The minimum atomic E-state index is -0.0924. The minimum absolute atomic E-state index is 0.0680. The summed E-state index contributed by atoms with van der Waals surface area (Å²) in [6, 6.07) is 18.7. The smallest absolute Gasteiger partial charge is 0.243 e. The molecule has 2 heterocycles. The number of rotatable bonds is 9. The number of hydrogen-bond donors (Lipinski definition) is 1. The van der Waals surface area contributed by atoms with Gasteiger partial charge in [0, 0.05) is 63.7 Å². The predicted octanol–water partition coefficient (Wildman–Crippen LogP) is 3.43. The van der Waals surface area contributed by atoms with Crippen molar-refractivity contribution < 1.29 is 9.59 Å². The molecular formula is C28H37N5O2. The molecule has 2 aliphatic rings. The molecule has 0 bridgehead atoms. The van der Waals surface area contributed by atoms with Gasteiger partial charge in [0.25, 0.3) is 0 Å². The van der Waals surface area contributed by atoms with Crippen LogP contribution in [0.2, 0.25) is 0 Å². The normalized spacial score (nSPS) is 17.3. The van der Waals surface area contributed by atoms with Crippen molar-refractivity contribution in [2.24, 2.45) is 5.10 Å². The molecule has 0 aliphatic carbocycles. The van der Waals surface area contributed by atoms with E-state index in [0.717, 1.165) is 56.8 Å². The molecule has 2 aliphatic heterocycles. The number of nitrogens with one attached hydrogen (secondary N) is 1. The van der Waals surface area contributed by atoms with Gasteiger partial charge in [0.05, 0.1) is 12.3 Å². The number of carbonyl (C=O) groups is 2. The maximum Gasteiger partial charge on any atom is 0.243 e. The zero-order chi connectivity index (χ0) is 24.6. The van der Waals surface area contributed by atoms with Gasteiger partial charge in [0.1, 0.15) is 0 Å². The maximum atomic E-state index is 12.5. The van der Waals surface area contributed by atoms with Crippen molar-refractivity contribution in [3.8, 4) is 0 Å². The number of anilines is 1. The van der Waals surface area contributed by atoms with Crippen LogP contribution < -0.4 is 10.2 Å². The van der Waals surface area contributed by atoms with Gasteiger partial charge in [-0.3, -0.25) is 14.5 Å². The standard InChI is InChI=1S/C28H37N5O2/c1-22-7-6-10-25(21-22)32-19-17-31(18-20-32)15-13-23(2)29-27(34)11-12-28(35)33-16-14-26(30-33)24-8-4-3-5-9-24/h3-10,21,23H,11-20H2,1-2H3,(H,29,34). The molecule has 1 fully saturated rings. The summed E-state index contributed by atoms with van der Waals surface area (Å²) >= 11 is 0. The van der Waals surface area contributed by atoms with Gasteiger partial charge in [-0.15, -0.1) is 0 Å². The molecule has 4 rings (SSSR count). The lowest BCUT2D eigenvalue weighted by Gasteiger charge is -2.36. The van der Waals surface area contributed by atoms with E-state index in [9.17, 15) is 9.59 Å². The molecular weight excluding hydrogens is 438 g/mol. The zero-order valence-electron chi connectivity index (χ0n) is 20.9. The summed E-state index contributed by atoms with van der Waals surface area (Å²) in [5, 5.41) is 9.03. The summed E-state index contributed by atoms with van der Waals surface area (Å²) in [5.74, 6) is -0.160. The Kier molecular flexibility index (Phi) is 8.53. The van der Waals surface area contributed by atoms with Crippen LogP contribution in [0.4, 0.5) is 5.69 Å². The summed E-state index contributed by atoms with van der Waals surface area (Å²) in [5.41, 5.74) is 4.57. The van der Waals surface area contributed by atoms with Gasteiger partial charge < -0.3 is 10.2 Å². The van der Waals surface area contributed by atoms with Crippen LogP contribution in [0.25, 0.3) is 0 Å². The van der Waals surface area contributed by atoms with E-state index in [4.69, 9.17) is 0 Å². The van der Waals surface area contributed by atoms with E-state index in [0.29, 0.717) is 6.54 Å². The number of amides is 2. The molecule has 7 nitrogen and oxygen atoms in total. The number of hydrogen-bond acceptors (Lipinski definition) is 5. The Bertz CT molecular complexity index is 1030. The summed E-state index contributed by atoms with van der Waals surface area (Å²) in [6.07, 6.45) is 2.04. The Hall–Kier alpha value is -3.19. The molecule has 0 saturated carbocycles. The predicted molar refractivity (Wildman–Crippen MR) is 141 cm³/mol. The van der Waals surface area contributed by atoms with Gasteiger partial charge in [-0.05, 0) is 43.5 Å². The molecule has 35 heavy (non-hydrogen) atoms. The molecule has 7 heteroatoms. The molecule has 0 spiro atoms. The fraction of sp³-hybridized carbons (Fsp3) is 0.464. The van der Waals surface area contributed by atoms with Crippen molar-refractivity contribution in [2.75, 3.05) is 44.2 Å². The highest BCUT2D eigenvalue weighted by Gasteiger charge is 2.22. The highest BCUT2D eigenvalue weighted by molar-refractivity contribution is 6.02. The molecule has 1 saturated heterocycles. The SMILES string of the molecule is Cc1cccc(N2CCN(CCC(C)NC(=O)CCC(=O)N3CCC(c4ccccc4)=N3)CC2)c1. The number of carbonyl (C=O) groups excluding carboxylic acids is 2. The summed E-state index contributed by atoms with van der Waals surface area (Å²) < 4.78 is 0. The van der Waals surface area contributed by atoms with Crippen LogP contribution in [0.1, 0.15) is 43.7 Å². The van der Waals surface area contributed by atoms with Gasteiger partial charge in [0.15, 0.2) is 0 Å². The number of hydrazone groups is 1.